The quantitative estimate of drug-likeness (QED) is 0.828. The first-order chi connectivity index (χ1) is 13.7. The van der Waals surface area contributed by atoms with Crippen molar-refractivity contribution in [2.45, 2.75) is 13.8 Å². The van der Waals surface area contributed by atoms with Crippen LogP contribution in [-0.2, 0) is 0 Å². The molecule has 0 amide bonds. The first kappa shape index (κ1) is 17.3. The van der Waals surface area contributed by atoms with Crippen LogP contribution in [0.4, 0.5) is 0 Å². The average Bonchev–Trinajstić information content (AvgIpc) is 3.12. The second-order valence-electron chi connectivity index (χ2n) is 7.58. The molecule has 0 bridgehead atoms. The number of imidazole rings is 1. The van der Waals surface area contributed by atoms with Gasteiger partial charge in [-0.15, -0.1) is 0 Å². The summed E-state index contributed by atoms with van der Waals surface area (Å²) >= 11 is 0. The molecular formula is C22H26N6. The molecule has 2 aromatic rings. The number of pyridine rings is 1. The van der Waals surface area contributed by atoms with Crippen molar-refractivity contribution in [2.24, 2.45) is 4.99 Å². The fourth-order valence-corrected chi connectivity index (χ4v) is 4.09. The molecule has 0 saturated carbocycles. The van der Waals surface area contributed by atoms with Gasteiger partial charge in [0.05, 0.1) is 17.1 Å². The van der Waals surface area contributed by atoms with Crippen LogP contribution in [0.25, 0.3) is 11.3 Å². The minimum Gasteiger partial charge on any atom is -0.368 e. The highest BCUT2D eigenvalue weighted by atomic mass is 15.3. The fraction of sp³-hybridized carbons (Fsp3) is 0.364. The fourth-order valence-electron chi connectivity index (χ4n) is 4.09. The zero-order valence-corrected chi connectivity index (χ0v) is 16.5. The summed E-state index contributed by atoms with van der Waals surface area (Å²) in [5.41, 5.74) is 5.42. The summed E-state index contributed by atoms with van der Waals surface area (Å²) in [4.78, 5) is 16.7. The summed E-state index contributed by atoms with van der Waals surface area (Å²) in [5.74, 6) is 1.01. The number of piperazine rings is 1. The van der Waals surface area contributed by atoms with E-state index in [1.165, 1.54) is 5.70 Å². The van der Waals surface area contributed by atoms with Gasteiger partial charge in [-0.1, -0.05) is 6.92 Å². The van der Waals surface area contributed by atoms with E-state index in [0.29, 0.717) is 0 Å². The second kappa shape index (κ2) is 6.95. The maximum atomic E-state index is 4.90. The normalized spacial score (nSPS) is 20.1. The zero-order chi connectivity index (χ0) is 19.1. The molecule has 3 aliphatic rings. The van der Waals surface area contributed by atoms with Crippen molar-refractivity contribution in [2.75, 3.05) is 39.3 Å². The van der Waals surface area contributed by atoms with Crippen LogP contribution in [0.3, 0.4) is 0 Å². The van der Waals surface area contributed by atoms with Gasteiger partial charge in [0.15, 0.2) is 0 Å². The van der Waals surface area contributed by atoms with E-state index in [0.717, 1.165) is 67.7 Å². The number of aromatic nitrogens is 2. The Morgan fingerprint density at radius 2 is 1.96 bits per heavy atom. The van der Waals surface area contributed by atoms with Crippen molar-refractivity contribution in [3.63, 3.8) is 0 Å². The standard InChI is InChI=1S/C22H26N6/c1-3-25-10-12-26(13-11-25)19-4-5-21-24-20(7-9-28(21)16-19)18-6-8-27-15-17(2)23-22(27)14-18/h4-8,14-16H,3,9-13H2,1-2H3. The van der Waals surface area contributed by atoms with Gasteiger partial charge in [0.2, 0.25) is 0 Å². The number of hydrogen-bond donors (Lipinski definition) is 0. The minimum absolute atomic E-state index is 0.843. The molecule has 2 aromatic heterocycles. The number of likely N-dealkylation sites (N-methyl/N-ethyl adjacent to an activating group) is 1. The van der Waals surface area contributed by atoms with E-state index in [-0.39, 0.29) is 0 Å². The van der Waals surface area contributed by atoms with Gasteiger partial charge in [-0.05, 0) is 43.8 Å². The molecule has 5 heterocycles. The number of amidine groups is 1. The summed E-state index contributed by atoms with van der Waals surface area (Å²) in [6.45, 7) is 10.7. The molecule has 5 rings (SSSR count). The molecule has 3 aliphatic heterocycles. The Morgan fingerprint density at radius 3 is 2.79 bits per heavy atom. The molecule has 0 unspecified atom stereocenters. The summed E-state index contributed by atoms with van der Waals surface area (Å²) in [5, 5.41) is 0. The maximum absolute atomic E-state index is 4.90. The van der Waals surface area contributed by atoms with Gasteiger partial charge in [0.1, 0.15) is 11.5 Å². The van der Waals surface area contributed by atoms with E-state index < -0.39 is 0 Å². The van der Waals surface area contributed by atoms with Gasteiger partial charge >= 0.3 is 0 Å². The highest BCUT2D eigenvalue weighted by Gasteiger charge is 2.22. The third-order valence-corrected chi connectivity index (χ3v) is 5.76. The minimum atomic E-state index is 0.843. The molecule has 1 fully saturated rings. The van der Waals surface area contributed by atoms with E-state index in [9.17, 15) is 0 Å². The summed E-state index contributed by atoms with van der Waals surface area (Å²) in [6, 6.07) is 4.22. The number of fused-ring (bicyclic) bond motifs is 2. The van der Waals surface area contributed by atoms with E-state index in [1.54, 1.807) is 0 Å². The molecule has 0 spiro atoms. The first-order valence-electron chi connectivity index (χ1n) is 10.1. The summed E-state index contributed by atoms with van der Waals surface area (Å²) in [7, 11) is 0. The SMILES string of the molecule is CCN1CCN(C2=CN3CC=C(c4ccn5cc(C)nc5c4)N=C3C=C2)CC1. The lowest BCUT2D eigenvalue weighted by Crippen LogP contribution is -2.46. The van der Waals surface area contributed by atoms with Gasteiger partial charge in [-0.25, -0.2) is 9.98 Å². The van der Waals surface area contributed by atoms with E-state index in [2.05, 4.69) is 73.8 Å². The van der Waals surface area contributed by atoms with E-state index in [1.807, 2.05) is 13.1 Å². The second-order valence-corrected chi connectivity index (χ2v) is 7.58. The third kappa shape index (κ3) is 3.14. The smallest absolute Gasteiger partial charge is 0.137 e. The molecule has 6 heteroatoms. The largest absolute Gasteiger partial charge is 0.368 e. The predicted octanol–water partition coefficient (Wildman–Crippen LogP) is 2.75. The molecule has 0 N–H and O–H groups in total. The van der Waals surface area contributed by atoms with Gasteiger partial charge < -0.3 is 19.1 Å². The molecule has 144 valence electrons. The van der Waals surface area contributed by atoms with Crippen molar-refractivity contribution in [1.82, 2.24) is 24.1 Å². The molecule has 0 radical (unpaired) electrons. The molecule has 0 atom stereocenters. The van der Waals surface area contributed by atoms with E-state index in [4.69, 9.17) is 4.99 Å². The van der Waals surface area contributed by atoms with Gasteiger partial charge in [0.25, 0.3) is 0 Å². The Kier molecular flexibility index (Phi) is 4.28. The number of nitrogens with zero attached hydrogens (tertiary/aromatic N) is 6. The number of hydrogen-bond acceptors (Lipinski definition) is 5. The molecule has 0 aromatic carbocycles. The number of allylic oxidation sites excluding steroid dienone is 1. The zero-order valence-electron chi connectivity index (χ0n) is 16.5. The van der Waals surface area contributed by atoms with Crippen molar-refractivity contribution in [1.29, 1.82) is 0 Å². The van der Waals surface area contributed by atoms with Crippen molar-refractivity contribution in [3.05, 3.63) is 65.9 Å². The van der Waals surface area contributed by atoms with Crippen LogP contribution in [0.15, 0.2) is 59.6 Å². The van der Waals surface area contributed by atoms with Gasteiger partial charge in [-0.2, -0.15) is 0 Å². The topological polar surface area (TPSA) is 39.4 Å². The highest BCUT2D eigenvalue weighted by molar-refractivity contribution is 6.00. The van der Waals surface area contributed by atoms with Crippen LogP contribution in [0.5, 0.6) is 0 Å². The van der Waals surface area contributed by atoms with E-state index >= 15 is 0 Å². The van der Waals surface area contributed by atoms with Crippen LogP contribution in [-0.4, -0.2) is 69.2 Å². The molecular weight excluding hydrogens is 348 g/mol. The Bertz CT molecular complexity index is 1020. The van der Waals surface area contributed by atoms with Crippen LogP contribution < -0.4 is 0 Å². The molecule has 6 nitrogen and oxygen atoms in total. The Labute approximate surface area is 165 Å². The maximum Gasteiger partial charge on any atom is 0.137 e. The van der Waals surface area contributed by atoms with Gasteiger partial charge in [0, 0.05) is 56.9 Å². The van der Waals surface area contributed by atoms with Crippen LogP contribution >= 0.6 is 0 Å². The van der Waals surface area contributed by atoms with Crippen molar-refractivity contribution >= 4 is 17.2 Å². The predicted molar refractivity (Wildman–Crippen MR) is 113 cm³/mol. The third-order valence-electron chi connectivity index (χ3n) is 5.76. The lowest BCUT2D eigenvalue weighted by molar-refractivity contribution is 0.167. The average molecular weight is 374 g/mol. The Balaban J connectivity index is 1.34. The molecule has 28 heavy (non-hydrogen) atoms. The van der Waals surface area contributed by atoms with Gasteiger partial charge in [-0.3, -0.25) is 0 Å². The monoisotopic (exact) mass is 374 g/mol. The lowest BCUT2D eigenvalue weighted by Gasteiger charge is -2.38. The lowest BCUT2D eigenvalue weighted by atomic mass is 10.1. The highest BCUT2D eigenvalue weighted by Crippen LogP contribution is 2.25. The Morgan fingerprint density at radius 1 is 1.11 bits per heavy atom. The summed E-state index contributed by atoms with van der Waals surface area (Å²) < 4.78 is 2.05. The van der Waals surface area contributed by atoms with Crippen molar-refractivity contribution < 1.29 is 0 Å². The van der Waals surface area contributed by atoms with Crippen molar-refractivity contribution in [3.8, 4) is 0 Å². The van der Waals surface area contributed by atoms with Crippen LogP contribution in [0, 0.1) is 6.92 Å². The first-order valence-corrected chi connectivity index (χ1v) is 10.1. The molecule has 0 aliphatic carbocycles. The number of aryl methyl sites for hydroxylation is 1. The number of rotatable bonds is 3. The number of aliphatic imine (C=N–C) groups is 1. The van der Waals surface area contributed by atoms with Crippen LogP contribution in [0.1, 0.15) is 18.2 Å². The van der Waals surface area contributed by atoms with Crippen LogP contribution in [0.2, 0.25) is 0 Å². The Hall–Kier alpha value is -2.86. The molecule has 1 saturated heterocycles. The summed E-state index contributed by atoms with van der Waals surface area (Å²) in [6.07, 6.45) is 12.9.